The van der Waals surface area contributed by atoms with Crippen LogP contribution in [-0.2, 0) is 9.84 Å². The molecule has 0 spiro atoms. The van der Waals surface area contributed by atoms with Crippen LogP contribution in [0.1, 0.15) is 10.4 Å². The number of thioether (sulfide) groups is 1. The summed E-state index contributed by atoms with van der Waals surface area (Å²) >= 11 is 0.887. The molecule has 5 nitrogen and oxygen atoms in total. The molecular weight excluding hydrogens is 456 g/mol. The van der Waals surface area contributed by atoms with Crippen LogP contribution in [0.5, 0.6) is 0 Å². The summed E-state index contributed by atoms with van der Waals surface area (Å²) < 4.78 is 58.6. The van der Waals surface area contributed by atoms with Gasteiger partial charge in [-0.3, -0.25) is 4.79 Å². The van der Waals surface area contributed by atoms with E-state index in [-0.39, 0.29) is 27.4 Å². The fourth-order valence-corrected chi connectivity index (χ4v) is 5.26. The lowest BCUT2D eigenvalue weighted by Gasteiger charge is -2.04. The third kappa shape index (κ3) is 4.63. The van der Waals surface area contributed by atoms with Crippen LogP contribution in [0.2, 0.25) is 0 Å². The van der Waals surface area contributed by atoms with E-state index >= 15 is 0 Å². The van der Waals surface area contributed by atoms with Crippen molar-refractivity contribution in [3.05, 3.63) is 96.1 Å². The second-order valence-electron chi connectivity index (χ2n) is 6.65. The first kappa shape index (κ1) is 21.9. The number of aromatic nitrogens is 1. The van der Waals surface area contributed by atoms with Gasteiger partial charge in [0.1, 0.15) is 11.6 Å². The Labute approximate surface area is 187 Å². The topological polar surface area (TPSA) is 77.2 Å². The molecule has 0 atom stereocenters. The molecular formula is C23H15F2NO4S2. The molecule has 0 unspecified atom stereocenters. The summed E-state index contributed by atoms with van der Waals surface area (Å²) in [5, 5.41) is -0.479. The molecule has 0 fully saturated rings. The number of Topliss-reactive ketones (excluding diaryl/α,β-unsaturated/α-hetero) is 1. The van der Waals surface area contributed by atoms with Crippen LogP contribution in [0.3, 0.4) is 0 Å². The van der Waals surface area contributed by atoms with Gasteiger partial charge in [-0.15, -0.1) is 0 Å². The van der Waals surface area contributed by atoms with Crippen molar-refractivity contribution in [2.45, 2.75) is 15.0 Å². The molecule has 32 heavy (non-hydrogen) atoms. The molecule has 1 heterocycles. The van der Waals surface area contributed by atoms with Gasteiger partial charge in [0, 0.05) is 11.1 Å². The van der Waals surface area contributed by atoms with E-state index in [0.717, 1.165) is 36.0 Å². The first-order valence-corrected chi connectivity index (χ1v) is 11.8. The van der Waals surface area contributed by atoms with Crippen molar-refractivity contribution in [2.24, 2.45) is 0 Å². The molecule has 162 valence electrons. The van der Waals surface area contributed by atoms with Crippen molar-refractivity contribution >= 4 is 27.4 Å². The third-order valence-electron chi connectivity index (χ3n) is 4.47. The minimum atomic E-state index is -4.17. The Balaban J connectivity index is 1.72. The summed E-state index contributed by atoms with van der Waals surface area (Å²) in [4.78, 5) is 16.4. The summed E-state index contributed by atoms with van der Waals surface area (Å²) in [6.45, 7) is 0. The Bertz CT molecular complexity index is 1350. The van der Waals surface area contributed by atoms with Gasteiger partial charge >= 0.3 is 0 Å². The van der Waals surface area contributed by atoms with Crippen molar-refractivity contribution in [1.29, 1.82) is 0 Å². The van der Waals surface area contributed by atoms with Crippen LogP contribution in [-0.4, -0.2) is 24.9 Å². The molecule has 0 bridgehead atoms. The van der Waals surface area contributed by atoms with Crippen molar-refractivity contribution in [2.75, 3.05) is 5.75 Å². The number of ketones is 1. The minimum Gasteiger partial charge on any atom is -0.428 e. The maximum atomic E-state index is 13.3. The van der Waals surface area contributed by atoms with E-state index < -0.39 is 26.5 Å². The molecule has 0 amide bonds. The third-order valence-corrected chi connectivity index (χ3v) is 7.22. The first-order valence-electron chi connectivity index (χ1n) is 9.33. The molecule has 0 aliphatic rings. The van der Waals surface area contributed by atoms with Gasteiger partial charge in [0.25, 0.3) is 0 Å². The number of rotatable bonds is 7. The summed E-state index contributed by atoms with van der Waals surface area (Å²) in [7, 11) is -4.17. The highest BCUT2D eigenvalue weighted by atomic mass is 32.2. The van der Waals surface area contributed by atoms with Crippen LogP contribution in [0, 0.1) is 11.6 Å². The van der Waals surface area contributed by atoms with Crippen LogP contribution >= 0.6 is 11.8 Å². The van der Waals surface area contributed by atoms with Crippen molar-refractivity contribution < 1.29 is 26.4 Å². The lowest BCUT2D eigenvalue weighted by Crippen LogP contribution is -2.06. The maximum Gasteiger partial charge on any atom is 0.228 e. The Morgan fingerprint density at radius 3 is 2.09 bits per heavy atom. The Morgan fingerprint density at radius 1 is 0.875 bits per heavy atom. The summed E-state index contributed by atoms with van der Waals surface area (Å²) in [6, 6.07) is 18.0. The van der Waals surface area contributed by atoms with Crippen molar-refractivity contribution in [3.63, 3.8) is 0 Å². The lowest BCUT2D eigenvalue weighted by molar-refractivity contribution is 0.102. The zero-order valence-corrected chi connectivity index (χ0v) is 18.0. The minimum absolute atomic E-state index is 0.0413. The molecule has 9 heteroatoms. The number of hydrogen-bond acceptors (Lipinski definition) is 6. The van der Waals surface area contributed by atoms with Crippen molar-refractivity contribution in [3.8, 4) is 11.5 Å². The zero-order chi connectivity index (χ0) is 22.7. The molecule has 0 aliphatic heterocycles. The highest BCUT2D eigenvalue weighted by Crippen LogP contribution is 2.35. The Kier molecular flexibility index (Phi) is 6.20. The van der Waals surface area contributed by atoms with E-state index in [1.807, 2.05) is 0 Å². The number of sulfone groups is 1. The summed E-state index contributed by atoms with van der Waals surface area (Å²) in [5.41, 5.74) is 0.837. The molecule has 4 aromatic rings. The number of oxazole rings is 1. The fourth-order valence-electron chi connectivity index (χ4n) is 2.83. The maximum absolute atomic E-state index is 13.3. The Hall–Kier alpha value is -3.30. The molecule has 0 aliphatic carbocycles. The monoisotopic (exact) mass is 471 g/mol. The normalized spacial score (nSPS) is 11.4. The number of benzene rings is 3. The largest absolute Gasteiger partial charge is 0.428 e. The summed E-state index contributed by atoms with van der Waals surface area (Å²) in [5.74, 6) is -1.41. The molecule has 3 aromatic carbocycles. The standard InChI is InChI=1S/C23H15F2NO4S2/c24-17-8-6-16(7-9-17)21-26-22(32(28,29)19-12-10-18(25)11-13-19)23(30-21)31-14-20(27)15-4-2-1-3-5-15/h1-13H,14H2. The van der Waals surface area contributed by atoms with Crippen LogP contribution in [0.15, 0.2) is 98.3 Å². The average molecular weight is 472 g/mol. The van der Waals surface area contributed by atoms with E-state index in [1.165, 1.54) is 24.3 Å². The van der Waals surface area contributed by atoms with Gasteiger partial charge in [-0.2, -0.15) is 4.98 Å². The van der Waals surface area contributed by atoms with Gasteiger partial charge in [0.15, 0.2) is 5.78 Å². The quantitative estimate of drug-likeness (QED) is 0.203. The van der Waals surface area contributed by atoms with E-state index in [4.69, 9.17) is 4.42 Å². The molecule has 1 aromatic heterocycles. The second kappa shape index (κ2) is 9.05. The van der Waals surface area contributed by atoms with E-state index in [9.17, 15) is 22.0 Å². The highest BCUT2D eigenvalue weighted by molar-refractivity contribution is 8.00. The van der Waals surface area contributed by atoms with Crippen LogP contribution in [0.4, 0.5) is 8.78 Å². The van der Waals surface area contributed by atoms with Gasteiger partial charge < -0.3 is 4.42 Å². The zero-order valence-electron chi connectivity index (χ0n) is 16.4. The van der Waals surface area contributed by atoms with E-state index in [2.05, 4.69) is 4.98 Å². The molecule has 4 rings (SSSR count). The molecule has 0 saturated heterocycles. The van der Waals surface area contributed by atoms with Gasteiger partial charge in [0.05, 0.1) is 10.6 Å². The Morgan fingerprint density at radius 2 is 1.47 bits per heavy atom. The summed E-state index contributed by atoms with van der Waals surface area (Å²) in [6.07, 6.45) is 0. The fraction of sp³-hybridized carbons (Fsp3) is 0.0435. The van der Waals surface area contributed by atoms with Crippen molar-refractivity contribution in [1.82, 2.24) is 4.98 Å². The smallest absolute Gasteiger partial charge is 0.228 e. The lowest BCUT2D eigenvalue weighted by atomic mass is 10.2. The number of nitrogens with zero attached hydrogens (tertiary/aromatic N) is 1. The van der Waals surface area contributed by atoms with Gasteiger partial charge in [-0.25, -0.2) is 17.2 Å². The number of carbonyl (C=O) groups excluding carboxylic acids is 1. The van der Waals surface area contributed by atoms with Crippen LogP contribution in [0.25, 0.3) is 11.5 Å². The number of halogens is 2. The highest BCUT2D eigenvalue weighted by Gasteiger charge is 2.29. The van der Waals surface area contributed by atoms with Crippen LogP contribution < -0.4 is 0 Å². The SMILES string of the molecule is O=C(CSc1oc(-c2ccc(F)cc2)nc1S(=O)(=O)c1ccc(F)cc1)c1ccccc1. The predicted octanol–water partition coefficient (Wildman–Crippen LogP) is 5.43. The number of hydrogen-bond donors (Lipinski definition) is 0. The average Bonchev–Trinajstić information content (AvgIpc) is 3.24. The van der Waals surface area contributed by atoms with E-state index in [0.29, 0.717) is 11.1 Å². The first-order chi connectivity index (χ1) is 15.3. The van der Waals surface area contributed by atoms with Gasteiger partial charge in [-0.1, -0.05) is 42.1 Å². The predicted molar refractivity (Wildman–Crippen MR) is 115 cm³/mol. The van der Waals surface area contributed by atoms with Gasteiger partial charge in [-0.05, 0) is 48.5 Å². The van der Waals surface area contributed by atoms with E-state index in [1.54, 1.807) is 30.3 Å². The molecule has 0 saturated carbocycles. The molecule has 0 N–H and O–H groups in total. The van der Waals surface area contributed by atoms with Gasteiger partial charge in [0.2, 0.25) is 25.8 Å². The molecule has 0 radical (unpaired) electrons. The number of carbonyl (C=O) groups is 1. The second-order valence-corrected chi connectivity index (χ2v) is 9.47.